The molecule has 0 unspecified atom stereocenters. The molecule has 1 aliphatic rings. The fourth-order valence-electron chi connectivity index (χ4n) is 3.34. The lowest BCUT2D eigenvalue weighted by molar-refractivity contribution is 0.0993. The molecule has 0 radical (unpaired) electrons. The highest BCUT2D eigenvalue weighted by atomic mass is 32.1. The van der Waals surface area contributed by atoms with Crippen LogP contribution in [0.1, 0.15) is 15.2 Å². The smallest absolute Gasteiger partial charge is 0.268 e. The zero-order valence-electron chi connectivity index (χ0n) is 13.2. The van der Waals surface area contributed by atoms with Crippen LogP contribution < -0.4 is 10.5 Å². The number of carbonyl (C=O) groups is 1. The van der Waals surface area contributed by atoms with Crippen molar-refractivity contribution in [2.45, 2.75) is 6.42 Å². The molecule has 1 aromatic carbocycles. The topological polar surface area (TPSA) is 54.7 Å². The lowest BCUT2D eigenvalue weighted by atomic mass is 10.2. The van der Waals surface area contributed by atoms with Gasteiger partial charge in [-0.3, -0.25) is 14.0 Å². The zero-order chi connectivity index (χ0) is 17.0. The van der Waals surface area contributed by atoms with Gasteiger partial charge in [0.1, 0.15) is 10.5 Å². The van der Waals surface area contributed by atoms with Gasteiger partial charge in [-0.05, 0) is 36.2 Å². The summed E-state index contributed by atoms with van der Waals surface area (Å²) in [5.41, 5.74) is 2.59. The molecule has 0 spiro atoms. The maximum Gasteiger partial charge on any atom is 0.268 e. The van der Waals surface area contributed by atoms with Crippen LogP contribution in [0.5, 0.6) is 0 Å². The maximum atomic E-state index is 13.0. The normalized spacial score (nSPS) is 13.5. The summed E-state index contributed by atoms with van der Waals surface area (Å²) in [7, 11) is 0. The molecule has 0 saturated heterocycles. The van der Waals surface area contributed by atoms with Crippen LogP contribution in [0.25, 0.3) is 15.9 Å². The Labute approximate surface area is 146 Å². The number of aromatic nitrogens is 2. The lowest BCUT2D eigenvalue weighted by Gasteiger charge is -2.15. The average molecular weight is 347 g/mol. The maximum absolute atomic E-state index is 13.0. The SMILES string of the molecule is O=C(c1cc2c(=O)n3ccccc3nc2s1)N1CCc2ccccc21. The molecular weight excluding hydrogens is 334 g/mol. The monoisotopic (exact) mass is 347 g/mol. The molecule has 4 aromatic rings. The highest BCUT2D eigenvalue weighted by Crippen LogP contribution is 2.31. The fraction of sp³-hybridized carbons (Fsp3) is 0.105. The first-order chi connectivity index (χ1) is 12.2. The van der Waals surface area contributed by atoms with Crippen LogP contribution in [0, 0.1) is 0 Å². The van der Waals surface area contributed by atoms with E-state index in [-0.39, 0.29) is 11.5 Å². The van der Waals surface area contributed by atoms with Crippen LogP contribution in [0.4, 0.5) is 5.69 Å². The van der Waals surface area contributed by atoms with Gasteiger partial charge in [0.15, 0.2) is 0 Å². The van der Waals surface area contributed by atoms with Crippen molar-refractivity contribution < 1.29 is 4.79 Å². The van der Waals surface area contributed by atoms with Crippen molar-refractivity contribution in [3.63, 3.8) is 0 Å². The number of amides is 1. The van der Waals surface area contributed by atoms with Crippen molar-refractivity contribution >= 4 is 38.8 Å². The number of carbonyl (C=O) groups excluding carboxylic acids is 1. The first kappa shape index (κ1) is 14.4. The molecule has 0 atom stereocenters. The first-order valence-electron chi connectivity index (χ1n) is 8.03. The second kappa shape index (κ2) is 5.26. The molecule has 0 saturated carbocycles. The lowest BCUT2D eigenvalue weighted by Crippen LogP contribution is -2.28. The summed E-state index contributed by atoms with van der Waals surface area (Å²) in [4.78, 5) is 33.1. The predicted octanol–water partition coefficient (Wildman–Crippen LogP) is 3.11. The summed E-state index contributed by atoms with van der Waals surface area (Å²) in [6.07, 6.45) is 2.55. The van der Waals surface area contributed by atoms with Crippen molar-refractivity contribution in [3.8, 4) is 0 Å². The van der Waals surface area contributed by atoms with Gasteiger partial charge < -0.3 is 4.90 Å². The number of fused-ring (bicyclic) bond motifs is 3. The standard InChI is InChI=1S/C19H13N3O2S/c23-18-13-11-15(25-17(13)20-16-7-3-4-9-22(16)18)19(24)21-10-8-12-5-1-2-6-14(12)21/h1-7,9,11H,8,10H2. The minimum Gasteiger partial charge on any atom is -0.307 e. The number of nitrogens with zero attached hydrogens (tertiary/aromatic N) is 3. The Morgan fingerprint density at radius 3 is 2.88 bits per heavy atom. The van der Waals surface area contributed by atoms with Gasteiger partial charge in [0.2, 0.25) is 0 Å². The van der Waals surface area contributed by atoms with Gasteiger partial charge in [0.25, 0.3) is 11.5 Å². The van der Waals surface area contributed by atoms with Crippen molar-refractivity contribution in [3.05, 3.63) is 75.5 Å². The Morgan fingerprint density at radius 2 is 1.96 bits per heavy atom. The summed E-state index contributed by atoms with van der Waals surface area (Å²) in [5, 5.41) is 0.490. The molecule has 5 rings (SSSR count). The van der Waals surface area contributed by atoms with E-state index < -0.39 is 0 Å². The highest BCUT2D eigenvalue weighted by Gasteiger charge is 2.27. The molecule has 0 bridgehead atoms. The van der Waals surface area contributed by atoms with Gasteiger partial charge in [-0.25, -0.2) is 4.98 Å². The van der Waals surface area contributed by atoms with Crippen molar-refractivity contribution in [1.29, 1.82) is 0 Å². The number of hydrogen-bond acceptors (Lipinski definition) is 4. The van der Waals surface area contributed by atoms with Crippen molar-refractivity contribution in [1.82, 2.24) is 9.38 Å². The van der Waals surface area contributed by atoms with Gasteiger partial charge in [-0.2, -0.15) is 0 Å². The second-order valence-corrected chi connectivity index (χ2v) is 7.04. The quantitative estimate of drug-likeness (QED) is 0.532. The van der Waals surface area contributed by atoms with E-state index in [9.17, 15) is 9.59 Å². The number of benzene rings is 1. The largest absolute Gasteiger partial charge is 0.307 e. The van der Waals surface area contributed by atoms with Crippen molar-refractivity contribution in [2.75, 3.05) is 11.4 Å². The third-order valence-electron chi connectivity index (χ3n) is 4.56. The fourth-order valence-corrected chi connectivity index (χ4v) is 4.31. The van der Waals surface area contributed by atoms with E-state index >= 15 is 0 Å². The van der Waals surface area contributed by atoms with E-state index in [1.807, 2.05) is 30.3 Å². The summed E-state index contributed by atoms with van der Waals surface area (Å²) < 4.78 is 1.51. The molecule has 5 nitrogen and oxygen atoms in total. The van der Waals surface area contributed by atoms with Gasteiger partial charge in [0.05, 0.1) is 10.3 Å². The molecule has 122 valence electrons. The Hall–Kier alpha value is -2.99. The molecule has 3 aromatic heterocycles. The van der Waals surface area contributed by atoms with Gasteiger partial charge >= 0.3 is 0 Å². The van der Waals surface area contributed by atoms with E-state index in [0.717, 1.165) is 12.1 Å². The van der Waals surface area contributed by atoms with Gasteiger partial charge in [0, 0.05) is 18.4 Å². The van der Waals surface area contributed by atoms with Gasteiger partial charge in [-0.15, -0.1) is 11.3 Å². The third-order valence-corrected chi connectivity index (χ3v) is 5.58. The first-order valence-corrected chi connectivity index (χ1v) is 8.85. The van der Waals surface area contributed by atoms with Gasteiger partial charge in [-0.1, -0.05) is 24.3 Å². The molecule has 1 amide bonds. The Morgan fingerprint density at radius 1 is 1.12 bits per heavy atom. The third kappa shape index (κ3) is 2.11. The van der Waals surface area contributed by atoms with Crippen LogP contribution in [0.3, 0.4) is 0 Å². The minimum absolute atomic E-state index is 0.0681. The van der Waals surface area contributed by atoms with Crippen LogP contribution >= 0.6 is 11.3 Å². The molecule has 4 heterocycles. The predicted molar refractivity (Wildman–Crippen MR) is 98.7 cm³/mol. The number of para-hydroxylation sites is 1. The zero-order valence-corrected chi connectivity index (χ0v) is 14.0. The van der Waals surface area contributed by atoms with Crippen LogP contribution in [-0.2, 0) is 6.42 Å². The minimum atomic E-state index is -0.141. The van der Waals surface area contributed by atoms with Crippen LogP contribution in [0.2, 0.25) is 0 Å². The Bertz CT molecular complexity index is 1210. The van der Waals surface area contributed by atoms with E-state index in [1.54, 1.807) is 29.3 Å². The molecule has 0 aliphatic carbocycles. The Balaban J connectivity index is 1.64. The molecule has 6 heteroatoms. The molecule has 0 fully saturated rings. The molecule has 25 heavy (non-hydrogen) atoms. The number of rotatable bonds is 1. The molecular formula is C19H13N3O2S. The average Bonchev–Trinajstić information content (AvgIpc) is 3.26. The summed E-state index contributed by atoms with van der Waals surface area (Å²) in [6.45, 7) is 0.667. The summed E-state index contributed by atoms with van der Waals surface area (Å²) >= 11 is 1.28. The van der Waals surface area contributed by atoms with E-state index in [4.69, 9.17) is 0 Å². The number of anilines is 1. The summed E-state index contributed by atoms with van der Waals surface area (Å²) in [5.74, 6) is -0.0681. The van der Waals surface area contributed by atoms with Crippen LogP contribution in [-0.4, -0.2) is 21.8 Å². The Kier molecular flexibility index (Phi) is 3.02. The summed E-state index contributed by atoms with van der Waals surface area (Å²) in [6, 6.07) is 15.1. The van der Waals surface area contributed by atoms with E-state index in [0.29, 0.717) is 27.3 Å². The number of hydrogen-bond donors (Lipinski definition) is 0. The van der Waals surface area contributed by atoms with Crippen molar-refractivity contribution in [2.24, 2.45) is 0 Å². The number of pyridine rings is 1. The number of thiophene rings is 1. The van der Waals surface area contributed by atoms with E-state index in [1.165, 1.54) is 21.3 Å². The van der Waals surface area contributed by atoms with Crippen LogP contribution in [0.15, 0.2) is 59.5 Å². The highest BCUT2D eigenvalue weighted by molar-refractivity contribution is 7.20. The molecule has 1 aliphatic heterocycles. The van der Waals surface area contributed by atoms with E-state index in [2.05, 4.69) is 4.98 Å². The second-order valence-electron chi connectivity index (χ2n) is 6.01. The molecule has 0 N–H and O–H groups in total.